The Hall–Kier alpha value is -1.24. The number of Topliss-reactive ketones (excluding diaryl/α,β-unsaturated/α-hetero) is 1. The molecular weight excluding hydrogens is 305 g/mol. The van der Waals surface area contributed by atoms with Crippen LogP contribution in [-0.2, 0) is 0 Å². The van der Waals surface area contributed by atoms with E-state index in [0.717, 1.165) is 6.07 Å². The van der Waals surface area contributed by atoms with E-state index in [4.69, 9.17) is 4.74 Å². The Kier molecular flexibility index (Phi) is 4.39. The van der Waals surface area contributed by atoms with Crippen molar-refractivity contribution in [2.45, 2.75) is 6.36 Å². The molecule has 0 N–H and O–H groups in total. The van der Waals surface area contributed by atoms with Crippen LogP contribution in [0.15, 0.2) is 18.2 Å². The summed E-state index contributed by atoms with van der Waals surface area (Å²) < 4.78 is 45.0. The second kappa shape index (κ2) is 5.39. The Labute approximate surface area is 104 Å². The van der Waals surface area contributed by atoms with Crippen LogP contribution in [0.4, 0.5) is 13.2 Å². The lowest BCUT2D eigenvalue weighted by molar-refractivity contribution is -0.274. The molecule has 3 nitrogen and oxygen atoms in total. The highest BCUT2D eigenvalue weighted by molar-refractivity contribution is 9.09. The molecule has 0 spiro atoms. The van der Waals surface area contributed by atoms with Crippen LogP contribution in [0.5, 0.6) is 11.5 Å². The number of rotatable bonds is 4. The molecule has 0 aromatic heterocycles. The van der Waals surface area contributed by atoms with Crippen molar-refractivity contribution in [3.05, 3.63) is 23.8 Å². The van der Waals surface area contributed by atoms with E-state index in [0.29, 0.717) is 0 Å². The quantitative estimate of drug-likeness (QED) is 0.633. The van der Waals surface area contributed by atoms with Gasteiger partial charge in [-0.1, -0.05) is 15.9 Å². The van der Waals surface area contributed by atoms with Crippen molar-refractivity contribution in [3.63, 3.8) is 0 Å². The Bertz CT molecular complexity index is 418. The molecule has 0 heterocycles. The average molecular weight is 313 g/mol. The molecule has 7 heteroatoms. The smallest absolute Gasteiger partial charge is 0.497 e. The van der Waals surface area contributed by atoms with E-state index >= 15 is 0 Å². The predicted molar refractivity (Wildman–Crippen MR) is 57.8 cm³/mol. The van der Waals surface area contributed by atoms with Crippen molar-refractivity contribution < 1.29 is 27.4 Å². The molecule has 1 rings (SSSR count). The first-order chi connectivity index (χ1) is 7.87. The van der Waals surface area contributed by atoms with Crippen molar-refractivity contribution >= 4 is 21.7 Å². The van der Waals surface area contributed by atoms with Crippen molar-refractivity contribution in [2.75, 3.05) is 12.4 Å². The van der Waals surface area contributed by atoms with Crippen LogP contribution in [0.1, 0.15) is 10.4 Å². The fourth-order valence-electron chi connectivity index (χ4n) is 1.14. The summed E-state index contributed by atoms with van der Waals surface area (Å²) in [7, 11) is 1.30. The zero-order valence-electron chi connectivity index (χ0n) is 8.68. The number of benzene rings is 1. The van der Waals surface area contributed by atoms with Gasteiger partial charge >= 0.3 is 6.36 Å². The van der Waals surface area contributed by atoms with Crippen LogP contribution in [0.3, 0.4) is 0 Å². The van der Waals surface area contributed by atoms with Crippen molar-refractivity contribution in [1.82, 2.24) is 0 Å². The lowest BCUT2D eigenvalue weighted by Gasteiger charge is -2.13. The Morgan fingerprint density at radius 3 is 2.53 bits per heavy atom. The monoisotopic (exact) mass is 312 g/mol. The van der Waals surface area contributed by atoms with Gasteiger partial charge in [0.25, 0.3) is 0 Å². The molecule has 0 saturated carbocycles. The lowest BCUT2D eigenvalue weighted by Crippen LogP contribution is -2.19. The Morgan fingerprint density at radius 1 is 1.41 bits per heavy atom. The van der Waals surface area contributed by atoms with Crippen LogP contribution in [0.25, 0.3) is 0 Å². The van der Waals surface area contributed by atoms with Gasteiger partial charge in [-0.05, 0) is 12.1 Å². The van der Waals surface area contributed by atoms with Gasteiger partial charge in [-0.15, -0.1) is 13.2 Å². The molecule has 0 radical (unpaired) electrons. The molecule has 94 valence electrons. The second-order valence-electron chi connectivity index (χ2n) is 2.97. The number of hydrogen-bond acceptors (Lipinski definition) is 3. The molecule has 1 aromatic rings. The second-order valence-corrected chi connectivity index (χ2v) is 3.53. The van der Waals surface area contributed by atoms with Gasteiger partial charge in [0.1, 0.15) is 11.5 Å². The normalized spacial score (nSPS) is 11.1. The molecule has 0 unspecified atom stereocenters. The summed E-state index contributed by atoms with van der Waals surface area (Å²) in [5.74, 6) is -0.899. The van der Waals surface area contributed by atoms with Gasteiger partial charge in [-0.25, -0.2) is 0 Å². The van der Waals surface area contributed by atoms with E-state index in [1.807, 2.05) is 0 Å². The van der Waals surface area contributed by atoms with E-state index < -0.39 is 17.9 Å². The van der Waals surface area contributed by atoms with Crippen LogP contribution < -0.4 is 9.47 Å². The maximum Gasteiger partial charge on any atom is 0.573 e. The number of alkyl halides is 4. The summed E-state index contributed by atoms with van der Waals surface area (Å²) in [6.45, 7) is 0. The van der Waals surface area contributed by atoms with Crippen molar-refractivity contribution in [2.24, 2.45) is 0 Å². The Balaban J connectivity index is 3.16. The van der Waals surface area contributed by atoms with E-state index in [-0.39, 0.29) is 16.6 Å². The number of ketones is 1. The first-order valence-electron chi connectivity index (χ1n) is 4.40. The first kappa shape index (κ1) is 13.8. The molecular formula is C10H8BrF3O3. The summed E-state index contributed by atoms with van der Waals surface area (Å²) in [5.41, 5.74) is -0.153. The minimum Gasteiger partial charge on any atom is -0.497 e. The molecule has 0 bridgehead atoms. The van der Waals surface area contributed by atoms with Crippen LogP contribution in [-0.4, -0.2) is 24.6 Å². The number of hydrogen-bond donors (Lipinski definition) is 0. The van der Waals surface area contributed by atoms with E-state index in [2.05, 4.69) is 20.7 Å². The third kappa shape index (κ3) is 3.92. The molecule has 0 aliphatic heterocycles. The van der Waals surface area contributed by atoms with Gasteiger partial charge in [0.2, 0.25) is 0 Å². The molecule has 0 aliphatic rings. The third-order valence-corrected chi connectivity index (χ3v) is 2.35. The average Bonchev–Trinajstić information content (AvgIpc) is 2.25. The van der Waals surface area contributed by atoms with Gasteiger partial charge in [0.05, 0.1) is 18.0 Å². The highest BCUT2D eigenvalue weighted by Gasteiger charge is 2.33. The molecule has 0 saturated heterocycles. The lowest BCUT2D eigenvalue weighted by atomic mass is 10.1. The summed E-state index contributed by atoms with van der Waals surface area (Å²) in [4.78, 5) is 11.4. The van der Waals surface area contributed by atoms with Gasteiger partial charge in [0, 0.05) is 6.07 Å². The summed E-state index contributed by atoms with van der Waals surface area (Å²) >= 11 is 2.88. The van der Waals surface area contributed by atoms with E-state index in [9.17, 15) is 18.0 Å². The van der Waals surface area contributed by atoms with E-state index in [1.165, 1.54) is 19.2 Å². The van der Waals surface area contributed by atoms with Crippen LogP contribution in [0, 0.1) is 0 Å². The largest absolute Gasteiger partial charge is 0.573 e. The minimum absolute atomic E-state index is 0.0897. The summed E-state index contributed by atoms with van der Waals surface area (Å²) in [6.07, 6.45) is -4.85. The van der Waals surface area contributed by atoms with Crippen molar-refractivity contribution in [3.8, 4) is 11.5 Å². The molecule has 0 aliphatic carbocycles. The highest BCUT2D eigenvalue weighted by atomic mass is 79.9. The zero-order valence-corrected chi connectivity index (χ0v) is 10.3. The van der Waals surface area contributed by atoms with Gasteiger partial charge in [-0.2, -0.15) is 0 Å². The van der Waals surface area contributed by atoms with Gasteiger partial charge in [0.15, 0.2) is 5.78 Å². The molecule has 0 atom stereocenters. The first-order valence-corrected chi connectivity index (χ1v) is 5.52. The topological polar surface area (TPSA) is 35.5 Å². The van der Waals surface area contributed by atoms with Gasteiger partial charge < -0.3 is 9.47 Å². The third-order valence-electron chi connectivity index (χ3n) is 1.84. The molecule has 0 amide bonds. The number of methoxy groups -OCH3 is 1. The Morgan fingerprint density at radius 2 is 2.06 bits per heavy atom. The maximum atomic E-state index is 12.1. The SMILES string of the molecule is COc1ccc(C(=O)CBr)c(OC(F)(F)F)c1. The zero-order chi connectivity index (χ0) is 13.1. The minimum atomic E-state index is -4.85. The number of halogens is 4. The fourth-order valence-corrected chi connectivity index (χ4v) is 1.44. The van der Waals surface area contributed by atoms with Crippen molar-refractivity contribution in [1.29, 1.82) is 0 Å². The number of ether oxygens (including phenoxy) is 2. The maximum absolute atomic E-state index is 12.1. The summed E-state index contributed by atoms with van der Waals surface area (Å²) in [6, 6.07) is 3.63. The van der Waals surface area contributed by atoms with Crippen LogP contribution in [0.2, 0.25) is 0 Å². The number of carbonyl (C=O) groups excluding carboxylic acids is 1. The standard InChI is InChI=1S/C10H8BrF3O3/c1-16-6-2-3-7(8(15)5-11)9(4-6)17-10(12,13)14/h2-4H,5H2,1H3. The molecule has 1 aromatic carbocycles. The van der Waals surface area contributed by atoms with Gasteiger partial charge in [-0.3, -0.25) is 4.79 Å². The molecule has 17 heavy (non-hydrogen) atoms. The molecule has 0 fully saturated rings. The van der Waals surface area contributed by atoms with E-state index in [1.54, 1.807) is 0 Å². The number of carbonyl (C=O) groups is 1. The summed E-state index contributed by atoms with van der Waals surface area (Å²) in [5, 5.41) is -0.0897. The highest BCUT2D eigenvalue weighted by Crippen LogP contribution is 2.30. The predicted octanol–water partition coefficient (Wildman–Crippen LogP) is 3.17. The fraction of sp³-hybridized carbons (Fsp3) is 0.300. The van der Waals surface area contributed by atoms with Crippen LogP contribution >= 0.6 is 15.9 Å².